The standard InChI is InChI=1S/C23H26FN3O2/c24-18-6-8-19(9-7-18)25-22(28)17-12-14-27(15-13-17)21(16-4-2-1-3-5-16)23(29)26-20-10-11-20/h1-9,17,20-21H,10-15H2,(H,25,28)(H,26,29)/t21-/m1/s1. The van der Waals surface area contributed by atoms with Crippen LogP contribution in [0, 0.1) is 11.7 Å². The molecule has 2 N–H and O–H groups in total. The van der Waals surface area contributed by atoms with Crippen molar-refractivity contribution in [2.75, 3.05) is 18.4 Å². The van der Waals surface area contributed by atoms with Crippen LogP contribution in [0.2, 0.25) is 0 Å². The molecule has 2 aromatic rings. The van der Waals surface area contributed by atoms with Crippen molar-refractivity contribution in [3.63, 3.8) is 0 Å². The first kappa shape index (κ1) is 19.6. The molecular weight excluding hydrogens is 369 g/mol. The van der Waals surface area contributed by atoms with Crippen LogP contribution in [-0.2, 0) is 9.59 Å². The number of anilines is 1. The second-order valence-electron chi connectivity index (χ2n) is 7.90. The summed E-state index contributed by atoms with van der Waals surface area (Å²) in [5.41, 5.74) is 1.59. The molecule has 1 atom stereocenters. The van der Waals surface area contributed by atoms with E-state index in [4.69, 9.17) is 0 Å². The van der Waals surface area contributed by atoms with Gasteiger partial charge in [0.25, 0.3) is 0 Å². The Bertz CT molecular complexity index is 844. The highest BCUT2D eigenvalue weighted by Gasteiger charge is 2.35. The molecule has 4 rings (SSSR count). The topological polar surface area (TPSA) is 61.4 Å². The number of nitrogens with one attached hydrogen (secondary N) is 2. The Hall–Kier alpha value is -2.73. The first-order valence-corrected chi connectivity index (χ1v) is 10.3. The Morgan fingerprint density at radius 1 is 0.931 bits per heavy atom. The highest BCUT2D eigenvalue weighted by Crippen LogP contribution is 2.29. The van der Waals surface area contributed by atoms with Gasteiger partial charge in [-0.25, -0.2) is 4.39 Å². The Morgan fingerprint density at radius 2 is 1.59 bits per heavy atom. The summed E-state index contributed by atoms with van der Waals surface area (Å²) in [6, 6.07) is 15.6. The zero-order valence-electron chi connectivity index (χ0n) is 16.3. The molecule has 0 radical (unpaired) electrons. The molecule has 0 aromatic heterocycles. The molecule has 5 nitrogen and oxygen atoms in total. The van der Waals surface area contributed by atoms with Crippen molar-refractivity contribution in [1.29, 1.82) is 0 Å². The van der Waals surface area contributed by atoms with Crippen molar-refractivity contribution >= 4 is 17.5 Å². The summed E-state index contributed by atoms with van der Waals surface area (Å²) in [7, 11) is 0. The Balaban J connectivity index is 1.38. The van der Waals surface area contributed by atoms with Gasteiger partial charge < -0.3 is 10.6 Å². The normalized spacial score (nSPS) is 18.8. The van der Waals surface area contributed by atoms with Gasteiger partial charge in [0.2, 0.25) is 11.8 Å². The van der Waals surface area contributed by atoms with Crippen molar-refractivity contribution in [3.05, 3.63) is 66.0 Å². The third kappa shape index (κ3) is 5.01. The lowest BCUT2D eigenvalue weighted by molar-refractivity contribution is -0.128. The van der Waals surface area contributed by atoms with Gasteiger partial charge in [-0.05, 0) is 68.6 Å². The molecule has 152 valence electrons. The van der Waals surface area contributed by atoms with Crippen molar-refractivity contribution in [2.24, 2.45) is 5.92 Å². The van der Waals surface area contributed by atoms with Crippen LogP contribution in [0.3, 0.4) is 0 Å². The van der Waals surface area contributed by atoms with E-state index >= 15 is 0 Å². The van der Waals surface area contributed by atoms with Gasteiger partial charge in [0.05, 0.1) is 0 Å². The Kier molecular flexibility index (Phi) is 5.90. The van der Waals surface area contributed by atoms with Crippen LogP contribution >= 0.6 is 0 Å². The minimum Gasteiger partial charge on any atom is -0.352 e. The number of benzene rings is 2. The minimum absolute atomic E-state index is 0.0463. The van der Waals surface area contributed by atoms with E-state index in [-0.39, 0.29) is 29.6 Å². The van der Waals surface area contributed by atoms with E-state index < -0.39 is 0 Å². The highest BCUT2D eigenvalue weighted by molar-refractivity contribution is 5.92. The molecular formula is C23H26FN3O2. The van der Waals surface area contributed by atoms with Gasteiger partial charge in [-0.2, -0.15) is 0 Å². The van der Waals surface area contributed by atoms with Gasteiger partial charge >= 0.3 is 0 Å². The summed E-state index contributed by atoms with van der Waals surface area (Å²) >= 11 is 0. The molecule has 0 spiro atoms. The highest BCUT2D eigenvalue weighted by atomic mass is 19.1. The molecule has 1 aliphatic heterocycles. The maximum absolute atomic E-state index is 13.0. The maximum Gasteiger partial charge on any atom is 0.242 e. The van der Waals surface area contributed by atoms with E-state index in [0.29, 0.717) is 37.7 Å². The molecule has 1 aliphatic carbocycles. The van der Waals surface area contributed by atoms with Crippen LogP contribution < -0.4 is 10.6 Å². The van der Waals surface area contributed by atoms with Gasteiger partial charge in [0, 0.05) is 17.6 Å². The average Bonchev–Trinajstić information content (AvgIpc) is 3.55. The van der Waals surface area contributed by atoms with Crippen molar-refractivity contribution < 1.29 is 14.0 Å². The molecule has 2 aromatic carbocycles. The Labute approximate surface area is 170 Å². The molecule has 2 aliphatic rings. The predicted molar refractivity (Wildman–Crippen MR) is 110 cm³/mol. The van der Waals surface area contributed by atoms with Gasteiger partial charge in [0.1, 0.15) is 11.9 Å². The minimum atomic E-state index is -0.326. The van der Waals surface area contributed by atoms with Gasteiger partial charge in [0.15, 0.2) is 0 Å². The summed E-state index contributed by atoms with van der Waals surface area (Å²) in [5.74, 6) is -0.435. The SMILES string of the molecule is O=C(Nc1ccc(F)cc1)C1CCN([C@@H](C(=O)NC2CC2)c2ccccc2)CC1. The summed E-state index contributed by atoms with van der Waals surface area (Å²) in [6.07, 6.45) is 3.48. The number of carbonyl (C=O) groups excluding carboxylic acids is 2. The molecule has 0 unspecified atom stereocenters. The summed E-state index contributed by atoms with van der Waals surface area (Å²) < 4.78 is 13.0. The van der Waals surface area contributed by atoms with Crippen molar-refractivity contribution in [3.8, 4) is 0 Å². The first-order valence-electron chi connectivity index (χ1n) is 10.3. The van der Waals surface area contributed by atoms with Crippen molar-refractivity contribution in [2.45, 2.75) is 37.8 Å². The van der Waals surface area contributed by atoms with Crippen LogP contribution in [0.4, 0.5) is 10.1 Å². The molecule has 2 fully saturated rings. The second kappa shape index (κ2) is 8.74. The lowest BCUT2D eigenvalue weighted by atomic mass is 9.93. The summed E-state index contributed by atoms with van der Waals surface area (Å²) in [6.45, 7) is 1.36. The number of hydrogen-bond donors (Lipinski definition) is 2. The van der Waals surface area contributed by atoms with E-state index in [1.165, 1.54) is 12.1 Å². The number of likely N-dealkylation sites (tertiary alicyclic amines) is 1. The number of amides is 2. The maximum atomic E-state index is 13.0. The monoisotopic (exact) mass is 395 g/mol. The molecule has 0 bridgehead atoms. The molecule has 29 heavy (non-hydrogen) atoms. The van der Waals surface area contributed by atoms with E-state index in [9.17, 15) is 14.0 Å². The van der Waals surface area contributed by atoms with Crippen LogP contribution in [0.5, 0.6) is 0 Å². The average molecular weight is 395 g/mol. The molecule has 1 heterocycles. The number of rotatable bonds is 6. The van der Waals surface area contributed by atoms with Crippen LogP contribution in [0.15, 0.2) is 54.6 Å². The summed E-state index contributed by atoms with van der Waals surface area (Å²) in [4.78, 5) is 27.7. The van der Waals surface area contributed by atoms with Crippen LogP contribution in [0.1, 0.15) is 37.3 Å². The third-order valence-corrected chi connectivity index (χ3v) is 5.66. The fourth-order valence-electron chi connectivity index (χ4n) is 3.87. The smallest absolute Gasteiger partial charge is 0.242 e. The van der Waals surface area contributed by atoms with Crippen molar-refractivity contribution in [1.82, 2.24) is 10.2 Å². The van der Waals surface area contributed by atoms with E-state index in [0.717, 1.165) is 18.4 Å². The number of carbonyl (C=O) groups is 2. The largest absolute Gasteiger partial charge is 0.352 e. The number of hydrogen-bond acceptors (Lipinski definition) is 3. The molecule has 2 amide bonds. The van der Waals surface area contributed by atoms with E-state index in [1.54, 1.807) is 12.1 Å². The lowest BCUT2D eigenvalue weighted by Crippen LogP contribution is -2.46. The van der Waals surface area contributed by atoms with Gasteiger partial charge in [-0.15, -0.1) is 0 Å². The lowest BCUT2D eigenvalue weighted by Gasteiger charge is -2.36. The third-order valence-electron chi connectivity index (χ3n) is 5.66. The fourth-order valence-corrected chi connectivity index (χ4v) is 3.87. The second-order valence-corrected chi connectivity index (χ2v) is 7.90. The molecule has 6 heteroatoms. The molecule has 1 saturated carbocycles. The summed E-state index contributed by atoms with van der Waals surface area (Å²) in [5, 5.41) is 6.00. The first-order chi connectivity index (χ1) is 14.1. The van der Waals surface area contributed by atoms with E-state index in [2.05, 4.69) is 15.5 Å². The number of nitrogens with zero attached hydrogens (tertiary/aromatic N) is 1. The quantitative estimate of drug-likeness (QED) is 0.787. The molecule has 1 saturated heterocycles. The fraction of sp³-hybridized carbons (Fsp3) is 0.391. The van der Waals surface area contributed by atoms with Gasteiger partial charge in [-0.3, -0.25) is 14.5 Å². The zero-order chi connectivity index (χ0) is 20.2. The van der Waals surface area contributed by atoms with Crippen LogP contribution in [0.25, 0.3) is 0 Å². The zero-order valence-corrected chi connectivity index (χ0v) is 16.3. The number of halogens is 1. The van der Waals surface area contributed by atoms with E-state index in [1.807, 2.05) is 30.3 Å². The Morgan fingerprint density at radius 3 is 2.21 bits per heavy atom. The number of piperidine rings is 1. The predicted octanol–water partition coefficient (Wildman–Crippen LogP) is 3.50. The van der Waals surface area contributed by atoms with Gasteiger partial charge in [-0.1, -0.05) is 30.3 Å². The van der Waals surface area contributed by atoms with Crippen LogP contribution in [-0.4, -0.2) is 35.8 Å².